The predicted octanol–water partition coefficient (Wildman–Crippen LogP) is 5.37. The van der Waals surface area contributed by atoms with Gasteiger partial charge in [0.25, 0.3) is 0 Å². The highest BCUT2D eigenvalue weighted by Gasteiger charge is 2.17. The number of ether oxygens (including phenoxy) is 2. The molecule has 0 spiro atoms. The van der Waals surface area contributed by atoms with Gasteiger partial charge in [-0.25, -0.2) is 4.99 Å². The van der Waals surface area contributed by atoms with Gasteiger partial charge in [-0.1, -0.05) is 24.3 Å². The van der Waals surface area contributed by atoms with E-state index in [1.807, 2.05) is 42.5 Å². The van der Waals surface area contributed by atoms with Crippen molar-refractivity contribution in [2.24, 2.45) is 4.99 Å². The van der Waals surface area contributed by atoms with Crippen molar-refractivity contribution >= 4 is 28.0 Å². The molecule has 0 amide bonds. The van der Waals surface area contributed by atoms with Crippen molar-refractivity contribution in [3.63, 3.8) is 0 Å². The molecular weight excluding hydrogens is 410 g/mol. The van der Waals surface area contributed by atoms with Crippen molar-refractivity contribution in [2.45, 2.75) is 6.54 Å². The molecule has 0 N–H and O–H groups in total. The second-order valence-corrected chi connectivity index (χ2v) is 7.99. The number of thiazole rings is 1. The smallest absolute Gasteiger partial charge is 0.231 e. The summed E-state index contributed by atoms with van der Waals surface area (Å²) in [7, 11) is 0. The highest BCUT2D eigenvalue weighted by atomic mass is 32.1. The minimum atomic E-state index is 0.260. The zero-order valence-electron chi connectivity index (χ0n) is 16.4. The number of aromatic nitrogens is 2. The topological polar surface area (TPSA) is 61.8 Å². The van der Waals surface area contributed by atoms with Gasteiger partial charge < -0.3 is 18.5 Å². The average molecular weight is 427 g/mol. The number of hydrogen-bond acceptors (Lipinski definition) is 6. The van der Waals surface area contributed by atoms with Gasteiger partial charge >= 0.3 is 0 Å². The lowest BCUT2D eigenvalue weighted by molar-refractivity contribution is 0.174. The third-order valence-corrected chi connectivity index (χ3v) is 5.99. The molecule has 2 aromatic carbocycles. The first kappa shape index (κ1) is 18.0. The first-order chi connectivity index (χ1) is 15.3. The summed E-state index contributed by atoms with van der Waals surface area (Å²) >= 11 is 1.57. The van der Waals surface area contributed by atoms with Gasteiger partial charge in [0.05, 0.1) is 24.1 Å². The fourth-order valence-corrected chi connectivity index (χ4v) is 4.54. The number of hydrogen-bond donors (Lipinski definition) is 0. The van der Waals surface area contributed by atoms with Crippen molar-refractivity contribution in [3.05, 3.63) is 88.8 Å². The Morgan fingerprint density at radius 2 is 1.94 bits per heavy atom. The molecule has 0 unspecified atom stereocenters. The summed E-state index contributed by atoms with van der Waals surface area (Å²) in [5, 5.41) is 3.16. The molecule has 0 fully saturated rings. The van der Waals surface area contributed by atoms with Gasteiger partial charge in [-0.05, 0) is 42.0 Å². The molecule has 4 heterocycles. The highest BCUT2D eigenvalue weighted by molar-refractivity contribution is 7.07. The Morgan fingerprint density at radius 3 is 2.84 bits per heavy atom. The minimum absolute atomic E-state index is 0.260. The molecule has 0 bridgehead atoms. The van der Waals surface area contributed by atoms with Crippen LogP contribution in [0, 0.1) is 0 Å². The van der Waals surface area contributed by atoms with E-state index in [4.69, 9.17) is 18.9 Å². The number of benzene rings is 2. The highest BCUT2D eigenvalue weighted by Crippen LogP contribution is 2.33. The minimum Gasteiger partial charge on any atom is -0.454 e. The van der Waals surface area contributed by atoms with Crippen molar-refractivity contribution < 1.29 is 13.9 Å². The molecule has 31 heavy (non-hydrogen) atoms. The van der Waals surface area contributed by atoms with Crippen LogP contribution in [0.4, 0.5) is 5.69 Å². The number of fused-ring (bicyclic) bond motifs is 2. The monoisotopic (exact) mass is 427 g/mol. The fraction of sp³-hybridized carbons (Fsp3) is 0.0833. The van der Waals surface area contributed by atoms with Crippen LogP contribution in [-0.2, 0) is 6.54 Å². The molecule has 0 atom stereocenters. The Labute approximate surface area is 181 Å². The van der Waals surface area contributed by atoms with E-state index < -0.39 is 0 Å². The molecule has 7 heteroatoms. The molecular formula is C24H17N3O3S. The molecule has 152 valence electrons. The molecule has 1 aliphatic heterocycles. The molecule has 0 saturated carbocycles. The second kappa shape index (κ2) is 7.45. The molecule has 1 aliphatic rings. The van der Waals surface area contributed by atoms with Gasteiger partial charge in [0.2, 0.25) is 6.79 Å². The van der Waals surface area contributed by atoms with Crippen molar-refractivity contribution in [3.8, 4) is 23.0 Å². The van der Waals surface area contributed by atoms with Crippen molar-refractivity contribution in [1.82, 2.24) is 9.55 Å². The fourth-order valence-electron chi connectivity index (χ4n) is 3.63. The zero-order valence-corrected chi connectivity index (χ0v) is 17.2. The maximum absolute atomic E-state index is 6.16. The maximum Gasteiger partial charge on any atom is 0.231 e. The summed E-state index contributed by atoms with van der Waals surface area (Å²) in [6.45, 7) is 0.877. The van der Waals surface area contributed by atoms with Gasteiger partial charge in [0.1, 0.15) is 5.58 Å². The molecule has 0 radical (unpaired) electrons. The molecule has 3 aromatic heterocycles. The van der Waals surface area contributed by atoms with E-state index in [9.17, 15) is 0 Å². The van der Waals surface area contributed by atoms with Crippen LogP contribution in [-0.4, -0.2) is 16.3 Å². The first-order valence-electron chi connectivity index (χ1n) is 9.84. The summed E-state index contributed by atoms with van der Waals surface area (Å²) in [6, 6.07) is 19.9. The van der Waals surface area contributed by atoms with Crippen molar-refractivity contribution in [2.75, 3.05) is 6.79 Å². The van der Waals surface area contributed by atoms with Gasteiger partial charge in [-0.15, -0.1) is 11.3 Å². The number of para-hydroxylation sites is 1. The Kier molecular flexibility index (Phi) is 4.32. The lowest BCUT2D eigenvalue weighted by Crippen LogP contribution is -2.16. The van der Waals surface area contributed by atoms with E-state index in [1.54, 1.807) is 23.7 Å². The van der Waals surface area contributed by atoms with Crippen LogP contribution in [0.2, 0.25) is 0 Å². The van der Waals surface area contributed by atoms with Gasteiger partial charge in [0, 0.05) is 17.0 Å². The number of pyridine rings is 1. The van der Waals surface area contributed by atoms with E-state index in [0.717, 1.165) is 50.0 Å². The number of rotatable bonds is 4. The number of nitrogens with zero attached hydrogens (tertiary/aromatic N) is 3. The Hall–Kier alpha value is -3.84. The normalized spacial score (nSPS) is 13.2. The second-order valence-electron chi connectivity index (χ2n) is 7.15. The van der Waals surface area contributed by atoms with Crippen LogP contribution < -0.4 is 14.3 Å². The van der Waals surface area contributed by atoms with Gasteiger partial charge in [0.15, 0.2) is 22.1 Å². The van der Waals surface area contributed by atoms with Crippen LogP contribution in [0.3, 0.4) is 0 Å². The largest absolute Gasteiger partial charge is 0.454 e. The Morgan fingerprint density at radius 1 is 1.00 bits per heavy atom. The quantitative estimate of drug-likeness (QED) is 0.387. The number of furan rings is 1. The van der Waals surface area contributed by atoms with E-state index in [-0.39, 0.29) is 6.79 Å². The van der Waals surface area contributed by atoms with Crippen LogP contribution in [0.1, 0.15) is 5.56 Å². The van der Waals surface area contributed by atoms with Crippen molar-refractivity contribution in [1.29, 1.82) is 0 Å². The lowest BCUT2D eigenvalue weighted by Gasteiger charge is -2.08. The standard InChI is InChI=1S/C24H17N3O3S/c1-2-6-20-17(4-1)11-22(30-20)19-14-31-24(26-18-5-3-9-25-12-18)27(19)13-16-7-8-21-23(10-16)29-15-28-21/h1-12,14H,13,15H2. The summed E-state index contributed by atoms with van der Waals surface area (Å²) in [6.07, 6.45) is 3.50. The summed E-state index contributed by atoms with van der Waals surface area (Å²) < 4.78 is 19.3. The molecule has 5 aromatic rings. The average Bonchev–Trinajstić information content (AvgIpc) is 3.53. The summed E-state index contributed by atoms with van der Waals surface area (Å²) in [5.41, 5.74) is 3.73. The maximum atomic E-state index is 6.16. The van der Waals surface area contributed by atoms with E-state index in [2.05, 4.69) is 33.1 Å². The van der Waals surface area contributed by atoms with Gasteiger partial charge in [-0.2, -0.15) is 0 Å². The van der Waals surface area contributed by atoms with Crippen LogP contribution in [0.25, 0.3) is 22.4 Å². The lowest BCUT2D eigenvalue weighted by atomic mass is 10.2. The van der Waals surface area contributed by atoms with Crippen LogP contribution in [0.5, 0.6) is 11.5 Å². The third kappa shape index (κ3) is 3.39. The SMILES string of the molecule is c1cncc(N=c2scc(-c3cc4ccccc4o3)n2Cc2ccc3c(c2)OCO3)c1. The van der Waals surface area contributed by atoms with Gasteiger partial charge in [-0.3, -0.25) is 4.98 Å². The van der Waals surface area contributed by atoms with E-state index >= 15 is 0 Å². The summed E-state index contributed by atoms with van der Waals surface area (Å²) in [4.78, 5) is 9.87. The van der Waals surface area contributed by atoms with E-state index in [1.165, 1.54) is 0 Å². The zero-order chi connectivity index (χ0) is 20.6. The predicted molar refractivity (Wildman–Crippen MR) is 119 cm³/mol. The Balaban J connectivity index is 1.49. The van der Waals surface area contributed by atoms with Crippen LogP contribution in [0.15, 0.2) is 87.8 Å². The molecule has 0 saturated heterocycles. The Bertz CT molecular complexity index is 1420. The molecule has 6 rings (SSSR count). The van der Waals surface area contributed by atoms with Crippen LogP contribution >= 0.6 is 11.3 Å². The summed E-state index contributed by atoms with van der Waals surface area (Å²) in [5.74, 6) is 2.35. The third-order valence-electron chi connectivity index (χ3n) is 5.12. The first-order valence-corrected chi connectivity index (χ1v) is 10.7. The molecule has 6 nitrogen and oxygen atoms in total. The molecule has 0 aliphatic carbocycles. The van der Waals surface area contributed by atoms with E-state index in [0.29, 0.717) is 6.54 Å².